The largest absolute Gasteiger partial charge is 0.389 e. The maximum absolute atomic E-state index is 12.8. The summed E-state index contributed by atoms with van der Waals surface area (Å²) in [6, 6.07) is 7.04. The minimum Gasteiger partial charge on any atom is -0.389 e. The lowest BCUT2D eigenvalue weighted by molar-refractivity contribution is -0.129. The van der Waals surface area contributed by atoms with Crippen LogP contribution in [0.15, 0.2) is 24.3 Å². The molecule has 0 spiro atoms. The summed E-state index contributed by atoms with van der Waals surface area (Å²) >= 11 is 0. The number of anilines is 1. The SMILES string of the molecule is CC(=O)N1CCN(C(=O)c2cccc(N3CCCC3=O)c2)C[C@@H](O)C1. The quantitative estimate of drug-likeness (QED) is 0.845. The van der Waals surface area contributed by atoms with Crippen molar-refractivity contribution in [3.05, 3.63) is 29.8 Å². The number of hydrogen-bond acceptors (Lipinski definition) is 4. The second kappa shape index (κ2) is 7.23. The molecule has 1 atom stereocenters. The van der Waals surface area contributed by atoms with Crippen molar-refractivity contribution in [1.29, 1.82) is 0 Å². The van der Waals surface area contributed by atoms with Gasteiger partial charge in [0.05, 0.1) is 6.10 Å². The van der Waals surface area contributed by atoms with Gasteiger partial charge in [-0.15, -0.1) is 0 Å². The van der Waals surface area contributed by atoms with Crippen molar-refractivity contribution in [1.82, 2.24) is 9.80 Å². The van der Waals surface area contributed by atoms with Crippen molar-refractivity contribution < 1.29 is 19.5 Å². The van der Waals surface area contributed by atoms with E-state index >= 15 is 0 Å². The number of carbonyl (C=O) groups is 3. The van der Waals surface area contributed by atoms with Crippen molar-refractivity contribution in [2.45, 2.75) is 25.9 Å². The summed E-state index contributed by atoms with van der Waals surface area (Å²) in [5, 5.41) is 10.1. The molecular weight excluding hydrogens is 322 g/mol. The zero-order valence-corrected chi connectivity index (χ0v) is 14.4. The lowest BCUT2D eigenvalue weighted by Crippen LogP contribution is -2.37. The van der Waals surface area contributed by atoms with Gasteiger partial charge in [0.2, 0.25) is 11.8 Å². The first-order chi connectivity index (χ1) is 12.0. The van der Waals surface area contributed by atoms with E-state index in [9.17, 15) is 19.5 Å². The molecule has 2 fully saturated rings. The fourth-order valence-electron chi connectivity index (χ4n) is 3.37. The summed E-state index contributed by atoms with van der Waals surface area (Å²) < 4.78 is 0. The Bertz CT molecular complexity index is 691. The maximum atomic E-state index is 12.8. The molecule has 7 heteroatoms. The molecule has 3 amide bonds. The zero-order chi connectivity index (χ0) is 18.0. The van der Waals surface area contributed by atoms with Crippen molar-refractivity contribution in [2.24, 2.45) is 0 Å². The normalized spacial score (nSPS) is 21.4. The van der Waals surface area contributed by atoms with Gasteiger partial charge in [0.1, 0.15) is 0 Å². The number of nitrogens with zero attached hydrogens (tertiary/aromatic N) is 3. The Morgan fingerprint density at radius 3 is 2.52 bits per heavy atom. The predicted octanol–water partition coefficient (Wildman–Crippen LogP) is 0.479. The van der Waals surface area contributed by atoms with Crippen molar-refractivity contribution in [3.8, 4) is 0 Å². The zero-order valence-electron chi connectivity index (χ0n) is 14.4. The van der Waals surface area contributed by atoms with Gasteiger partial charge in [-0.1, -0.05) is 6.07 Å². The summed E-state index contributed by atoms with van der Waals surface area (Å²) in [6.07, 6.45) is 0.604. The van der Waals surface area contributed by atoms with E-state index in [-0.39, 0.29) is 30.8 Å². The third kappa shape index (κ3) is 3.82. The molecule has 0 aliphatic carbocycles. The molecule has 1 aromatic rings. The molecule has 0 bridgehead atoms. The summed E-state index contributed by atoms with van der Waals surface area (Å²) in [7, 11) is 0. The fraction of sp³-hybridized carbons (Fsp3) is 0.500. The van der Waals surface area contributed by atoms with E-state index in [1.165, 1.54) is 6.92 Å². The van der Waals surface area contributed by atoms with Crippen LogP contribution in [0.5, 0.6) is 0 Å². The van der Waals surface area contributed by atoms with Gasteiger partial charge in [0.25, 0.3) is 5.91 Å². The number of β-amino-alcohol motifs (C(OH)–C–C–N with tert-alkyl or cyclic N) is 1. The fourth-order valence-corrected chi connectivity index (χ4v) is 3.37. The van der Waals surface area contributed by atoms with Crippen LogP contribution in [0.2, 0.25) is 0 Å². The van der Waals surface area contributed by atoms with Gasteiger partial charge in [-0.3, -0.25) is 14.4 Å². The number of aliphatic hydroxyl groups is 1. The number of benzene rings is 1. The second-order valence-electron chi connectivity index (χ2n) is 6.57. The molecule has 2 aliphatic rings. The van der Waals surface area contributed by atoms with Gasteiger partial charge in [-0.25, -0.2) is 0 Å². The Kier molecular flexibility index (Phi) is 5.03. The molecular formula is C18H23N3O4. The minimum atomic E-state index is -0.765. The second-order valence-corrected chi connectivity index (χ2v) is 6.57. The number of amides is 3. The van der Waals surface area contributed by atoms with E-state index in [0.717, 1.165) is 12.1 Å². The van der Waals surface area contributed by atoms with E-state index < -0.39 is 6.10 Å². The standard InChI is InChI=1S/C18H23N3O4/c1-13(22)19-8-9-20(12-16(23)11-19)18(25)14-4-2-5-15(10-14)21-7-3-6-17(21)24/h2,4-5,10,16,23H,3,6-9,11-12H2,1H3/t16-/m0/s1. The third-order valence-corrected chi connectivity index (χ3v) is 4.71. The van der Waals surface area contributed by atoms with Crippen LogP contribution in [0.25, 0.3) is 0 Å². The Hall–Kier alpha value is -2.41. The van der Waals surface area contributed by atoms with Gasteiger partial charge in [0, 0.05) is 57.3 Å². The molecule has 3 rings (SSSR count). The molecule has 2 aliphatic heterocycles. The lowest BCUT2D eigenvalue weighted by Gasteiger charge is -2.23. The minimum absolute atomic E-state index is 0.0758. The van der Waals surface area contributed by atoms with Crippen LogP contribution in [0.3, 0.4) is 0 Å². The number of carbonyl (C=O) groups excluding carboxylic acids is 3. The van der Waals surface area contributed by atoms with E-state index in [4.69, 9.17) is 0 Å². The average molecular weight is 345 g/mol. The first-order valence-electron chi connectivity index (χ1n) is 8.59. The van der Waals surface area contributed by atoms with Crippen LogP contribution in [0.4, 0.5) is 5.69 Å². The van der Waals surface area contributed by atoms with Crippen molar-refractivity contribution in [3.63, 3.8) is 0 Å². The highest BCUT2D eigenvalue weighted by molar-refractivity contribution is 5.99. The van der Waals surface area contributed by atoms with Crippen LogP contribution in [-0.2, 0) is 9.59 Å². The van der Waals surface area contributed by atoms with E-state index in [1.54, 1.807) is 32.9 Å². The lowest BCUT2D eigenvalue weighted by atomic mass is 10.1. The number of rotatable bonds is 2. The molecule has 134 valence electrons. The van der Waals surface area contributed by atoms with E-state index in [2.05, 4.69) is 0 Å². The molecule has 7 nitrogen and oxygen atoms in total. The van der Waals surface area contributed by atoms with E-state index in [0.29, 0.717) is 31.6 Å². The van der Waals surface area contributed by atoms with Crippen LogP contribution in [0.1, 0.15) is 30.1 Å². The Morgan fingerprint density at radius 2 is 1.84 bits per heavy atom. The third-order valence-electron chi connectivity index (χ3n) is 4.71. The molecule has 2 heterocycles. The first-order valence-corrected chi connectivity index (χ1v) is 8.59. The molecule has 0 aromatic heterocycles. The number of aliphatic hydroxyl groups excluding tert-OH is 1. The van der Waals surface area contributed by atoms with Gasteiger partial charge >= 0.3 is 0 Å². The maximum Gasteiger partial charge on any atom is 0.254 e. The topological polar surface area (TPSA) is 81.2 Å². The van der Waals surface area contributed by atoms with Crippen LogP contribution in [-0.4, -0.2) is 71.5 Å². The summed E-state index contributed by atoms with van der Waals surface area (Å²) in [5.74, 6) is -0.229. The van der Waals surface area contributed by atoms with Crippen LogP contribution in [0, 0.1) is 0 Å². The summed E-state index contributed by atoms with van der Waals surface area (Å²) in [5.41, 5.74) is 1.22. The van der Waals surface area contributed by atoms with Gasteiger partial charge in [0.15, 0.2) is 0 Å². The summed E-state index contributed by atoms with van der Waals surface area (Å²) in [4.78, 5) is 41.1. The van der Waals surface area contributed by atoms with Crippen LogP contribution >= 0.6 is 0 Å². The molecule has 1 N–H and O–H groups in total. The van der Waals surface area contributed by atoms with Gasteiger partial charge in [-0.2, -0.15) is 0 Å². The molecule has 25 heavy (non-hydrogen) atoms. The molecule has 0 saturated carbocycles. The highest BCUT2D eigenvalue weighted by Crippen LogP contribution is 2.23. The molecule has 2 saturated heterocycles. The predicted molar refractivity (Wildman–Crippen MR) is 92.2 cm³/mol. The van der Waals surface area contributed by atoms with Crippen molar-refractivity contribution in [2.75, 3.05) is 37.6 Å². The van der Waals surface area contributed by atoms with Gasteiger partial charge < -0.3 is 19.8 Å². The summed E-state index contributed by atoms with van der Waals surface area (Å²) in [6.45, 7) is 3.34. The molecule has 1 aromatic carbocycles. The smallest absolute Gasteiger partial charge is 0.254 e. The van der Waals surface area contributed by atoms with Crippen molar-refractivity contribution >= 4 is 23.4 Å². The van der Waals surface area contributed by atoms with E-state index in [1.807, 2.05) is 6.07 Å². The molecule has 0 unspecified atom stereocenters. The highest BCUT2D eigenvalue weighted by Gasteiger charge is 2.27. The highest BCUT2D eigenvalue weighted by atomic mass is 16.3. The molecule has 0 radical (unpaired) electrons. The number of hydrogen-bond donors (Lipinski definition) is 1. The first kappa shape index (κ1) is 17.4. The van der Waals surface area contributed by atoms with Gasteiger partial charge in [-0.05, 0) is 24.6 Å². The average Bonchev–Trinajstić information content (AvgIpc) is 2.91. The van der Waals surface area contributed by atoms with Crippen LogP contribution < -0.4 is 4.90 Å². The Labute approximate surface area is 146 Å². The Morgan fingerprint density at radius 1 is 1.12 bits per heavy atom. The monoisotopic (exact) mass is 345 g/mol. The Balaban J connectivity index is 1.76.